The number of nitrogens with one attached hydrogen (secondary N) is 2. The van der Waals surface area contributed by atoms with Crippen LogP contribution in [-0.2, 0) is 11.2 Å². The summed E-state index contributed by atoms with van der Waals surface area (Å²) in [4.78, 5) is 30.5. The quantitative estimate of drug-likeness (QED) is 0.380. The molecule has 32 heavy (non-hydrogen) atoms. The molecular weight excluding hydrogens is 404 g/mol. The molecular formula is C25H29N4O3+. The number of rotatable bonds is 8. The van der Waals surface area contributed by atoms with Gasteiger partial charge in [0.05, 0.1) is 12.0 Å². The maximum atomic E-state index is 12.8. The van der Waals surface area contributed by atoms with Crippen molar-refractivity contribution < 1.29 is 9.53 Å². The predicted molar refractivity (Wildman–Crippen MR) is 127 cm³/mol. The van der Waals surface area contributed by atoms with E-state index in [9.17, 15) is 9.70 Å². The second-order valence-corrected chi connectivity index (χ2v) is 7.65. The fourth-order valence-electron chi connectivity index (χ4n) is 3.64. The van der Waals surface area contributed by atoms with Gasteiger partial charge in [0.15, 0.2) is 10.8 Å². The van der Waals surface area contributed by atoms with Crippen molar-refractivity contribution in [1.29, 1.82) is 0 Å². The van der Waals surface area contributed by atoms with E-state index in [1.807, 2.05) is 49.4 Å². The Bertz CT molecular complexity index is 1040. The van der Waals surface area contributed by atoms with Crippen molar-refractivity contribution in [3.63, 3.8) is 0 Å². The molecule has 3 rings (SSSR count). The number of aryl methyl sites for hydroxylation is 1. The highest BCUT2D eigenvalue weighted by Gasteiger charge is 2.27. The number of hydrogen-bond donors (Lipinski definition) is 2. The molecule has 0 spiro atoms. The summed E-state index contributed by atoms with van der Waals surface area (Å²) < 4.78 is 6.32. The highest BCUT2D eigenvalue weighted by atomic mass is 16.5. The average molecular weight is 434 g/mol. The van der Waals surface area contributed by atoms with Gasteiger partial charge in [-0.15, -0.1) is 0 Å². The third-order valence-corrected chi connectivity index (χ3v) is 5.38. The highest BCUT2D eigenvalue weighted by molar-refractivity contribution is 5.95. The molecule has 1 aliphatic rings. The Balaban J connectivity index is 1.90. The van der Waals surface area contributed by atoms with E-state index in [4.69, 9.17) is 9.73 Å². The first-order chi connectivity index (χ1) is 15.6. The Hall–Kier alpha value is -3.70. The number of amides is 1. The first-order valence-electron chi connectivity index (χ1n) is 10.8. The third kappa shape index (κ3) is 6.15. The van der Waals surface area contributed by atoms with Gasteiger partial charge in [0.25, 0.3) is 5.91 Å². The Morgan fingerprint density at radius 1 is 1.19 bits per heavy atom. The number of aliphatic imine (C=N–C) groups is 1. The molecule has 0 saturated carbocycles. The van der Waals surface area contributed by atoms with Gasteiger partial charge in [0.2, 0.25) is 4.85 Å². The molecule has 2 aromatic carbocycles. The van der Waals surface area contributed by atoms with Crippen molar-refractivity contribution in [2.75, 3.05) is 13.6 Å². The number of carbonyl (C=O) groups is 1. The van der Waals surface area contributed by atoms with Crippen molar-refractivity contribution in [3.05, 3.63) is 82.0 Å². The van der Waals surface area contributed by atoms with E-state index in [0.717, 1.165) is 24.2 Å². The fourth-order valence-corrected chi connectivity index (χ4v) is 3.64. The molecule has 1 unspecified atom stereocenters. The summed E-state index contributed by atoms with van der Waals surface area (Å²) in [6.45, 7) is 2.34. The molecule has 7 nitrogen and oxygen atoms in total. The van der Waals surface area contributed by atoms with Crippen LogP contribution in [0.15, 0.2) is 71.0 Å². The van der Waals surface area contributed by atoms with Crippen molar-refractivity contribution >= 4 is 18.0 Å². The van der Waals surface area contributed by atoms with Crippen LogP contribution in [0.4, 0.5) is 0 Å². The summed E-state index contributed by atoms with van der Waals surface area (Å²) in [5, 5.41) is 5.91. The zero-order chi connectivity index (χ0) is 22.8. The first kappa shape index (κ1) is 23.0. The van der Waals surface area contributed by atoms with Gasteiger partial charge >= 0.3 is 6.21 Å². The molecule has 1 aliphatic heterocycles. The Kier molecular flexibility index (Phi) is 8.35. The minimum absolute atomic E-state index is 0.0123. The zero-order valence-corrected chi connectivity index (χ0v) is 18.5. The third-order valence-electron chi connectivity index (χ3n) is 5.38. The van der Waals surface area contributed by atoms with Crippen LogP contribution < -0.4 is 20.2 Å². The molecule has 1 amide bonds. The lowest BCUT2D eigenvalue weighted by Gasteiger charge is -2.19. The summed E-state index contributed by atoms with van der Waals surface area (Å²) in [7, 11) is 1.75. The molecule has 166 valence electrons. The summed E-state index contributed by atoms with van der Waals surface area (Å²) in [6, 6.07) is 18.0. The Morgan fingerprint density at radius 2 is 1.94 bits per heavy atom. The van der Waals surface area contributed by atoms with Gasteiger partial charge in [-0.25, -0.2) is 0 Å². The van der Waals surface area contributed by atoms with Gasteiger partial charge < -0.3 is 15.4 Å². The molecule has 0 aromatic heterocycles. The highest BCUT2D eigenvalue weighted by Crippen LogP contribution is 2.28. The average Bonchev–Trinajstić information content (AvgIpc) is 2.98. The van der Waals surface area contributed by atoms with E-state index < -0.39 is 0 Å². The normalized spacial score (nSPS) is 15.8. The molecule has 0 fully saturated rings. The number of nitroso groups, excluding NO2 is 1. The van der Waals surface area contributed by atoms with E-state index in [0.29, 0.717) is 36.7 Å². The van der Waals surface area contributed by atoms with Crippen LogP contribution in [0.1, 0.15) is 30.4 Å². The Morgan fingerprint density at radius 3 is 2.66 bits per heavy atom. The molecule has 0 radical (unpaired) electrons. The SMILES string of the molecule is CNC1=C(C(=O)NCCC=[N+]=O)CCC(Cc2ccccc2)C(Oc2ccccc2C)=N1. The number of benzene rings is 2. The molecule has 0 aliphatic carbocycles. The first-order valence-corrected chi connectivity index (χ1v) is 10.8. The van der Waals surface area contributed by atoms with Crippen molar-refractivity contribution in [2.24, 2.45) is 10.9 Å². The lowest BCUT2D eigenvalue weighted by molar-refractivity contribution is -0.117. The molecule has 0 saturated heterocycles. The van der Waals surface area contributed by atoms with E-state index in [1.165, 1.54) is 11.8 Å². The smallest absolute Gasteiger partial charge is 0.340 e. The molecule has 2 aromatic rings. The maximum absolute atomic E-state index is 12.8. The van der Waals surface area contributed by atoms with Crippen LogP contribution in [0.5, 0.6) is 5.75 Å². The van der Waals surface area contributed by atoms with Gasteiger partial charge in [-0.2, -0.15) is 4.99 Å². The zero-order valence-electron chi connectivity index (χ0n) is 18.5. The number of nitrogens with zero attached hydrogens (tertiary/aromatic N) is 2. The van der Waals surface area contributed by atoms with Crippen molar-refractivity contribution in [3.8, 4) is 5.75 Å². The van der Waals surface area contributed by atoms with Crippen LogP contribution in [0, 0.1) is 17.7 Å². The van der Waals surface area contributed by atoms with Gasteiger partial charge in [-0.05, 0) is 43.4 Å². The summed E-state index contributed by atoms with van der Waals surface area (Å²) >= 11 is 0. The lowest BCUT2D eigenvalue weighted by atomic mass is 9.93. The second kappa shape index (κ2) is 11.6. The molecule has 7 heteroatoms. The topological polar surface area (TPSA) is 93.9 Å². The number of carbonyl (C=O) groups excluding carboxylic acids is 1. The molecule has 2 N–H and O–H groups in total. The van der Waals surface area contributed by atoms with Gasteiger partial charge in [-0.3, -0.25) is 4.79 Å². The lowest BCUT2D eigenvalue weighted by Crippen LogP contribution is -2.28. The van der Waals surface area contributed by atoms with Crippen LogP contribution in [0.25, 0.3) is 0 Å². The predicted octanol–water partition coefficient (Wildman–Crippen LogP) is 3.27. The summed E-state index contributed by atoms with van der Waals surface area (Å²) in [6.07, 6.45) is 3.66. The number of hydrogen-bond acceptors (Lipinski definition) is 5. The van der Waals surface area contributed by atoms with Gasteiger partial charge in [0.1, 0.15) is 11.6 Å². The minimum Gasteiger partial charge on any atom is -0.442 e. The monoisotopic (exact) mass is 433 g/mol. The van der Waals surface area contributed by atoms with E-state index in [-0.39, 0.29) is 11.8 Å². The van der Waals surface area contributed by atoms with E-state index in [1.54, 1.807) is 7.05 Å². The van der Waals surface area contributed by atoms with E-state index in [2.05, 4.69) is 27.6 Å². The van der Waals surface area contributed by atoms with Crippen molar-refractivity contribution in [1.82, 2.24) is 15.5 Å². The van der Waals surface area contributed by atoms with Crippen LogP contribution in [0.2, 0.25) is 0 Å². The molecule has 0 bridgehead atoms. The van der Waals surface area contributed by atoms with Crippen LogP contribution >= 0.6 is 0 Å². The minimum atomic E-state index is -0.201. The number of ether oxygens (including phenoxy) is 1. The summed E-state index contributed by atoms with van der Waals surface area (Å²) in [5.41, 5.74) is 2.79. The molecule has 1 atom stereocenters. The van der Waals surface area contributed by atoms with Crippen LogP contribution in [-0.4, -0.2) is 31.6 Å². The Labute approximate surface area is 188 Å². The van der Waals surface area contributed by atoms with Crippen LogP contribution in [0.3, 0.4) is 0 Å². The van der Waals surface area contributed by atoms with E-state index >= 15 is 0 Å². The largest absolute Gasteiger partial charge is 0.442 e. The standard InChI is InChI=1S/C25H28N4O3/c1-18-9-6-7-12-22(18)32-25-20(17-19-10-4-3-5-11-19)13-14-21(23(26-2)29-25)24(30)27-15-8-16-28-31/h3-7,9-12,16,20H,8,13-15,17H2,1-2H3,(H-,26,27,30)/p+1. The van der Waals surface area contributed by atoms with Gasteiger partial charge in [0, 0.05) is 19.5 Å². The fraction of sp³-hybridized carbons (Fsp3) is 0.320. The summed E-state index contributed by atoms with van der Waals surface area (Å²) in [5.74, 6) is 1.66. The maximum Gasteiger partial charge on any atom is 0.340 e. The number of para-hydroxylation sites is 1. The second-order valence-electron chi connectivity index (χ2n) is 7.65. The van der Waals surface area contributed by atoms with Crippen molar-refractivity contribution in [2.45, 2.75) is 32.6 Å². The molecule has 1 heterocycles. The van der Waals surface area contributed by atoms with Gasteiger partial charge in [-0.1, -0.05) is 48.5 Å².